The highest BCUT2D eigenvalue weighted by atomic mass is 35.5. The summed E-state index contributed by atoms with van der Waals surface area (Å²) in [6, 6.07) is 6.04. The van der Waals surface area contributed by atoms with Crippen molar-refractivity contribution in [2.45, 2.75) is 33.2 Å². The summed E-state index contributed by atoms with van der Waals surface area (Å²) < 4.78 is 0. The van der Waals surface area contributed by atoms with E-state index >= 15 is 0 Å². The molecule has 2 aromatic heterocycles. The average Bonchev–Trinajstić information content (AvgIpc) is 2.58. The summed E-state index contributed by atoms with van der Waals surface area (Å²) in [4.78, 5) is 17.6. The Labute approximate surface area is 145 Å². The number of fused-ring (bicyclic) bond motifs is 1. The predicted octanol–water partition coefficient (Wildman–Crippen LogP) is 4.34. The second-order valence-corrected chi connectivity index (χ2v) is 6.07. The number of hydrogen-bond acceptors (Lipinski definition) is 6. The predicted molar refractivity (Wildman–Crippen MR) is 98.0 cm³/mol. The molecule has 7 heteroatoms. The molecular formula is C17H19ClN6. The normalized spacial score (nSPS) is 12.2. The number of anilines is 3. The van der Waals surface area contributed by atoms with Gasteiger partial charge in [0.15, 0.2) is 17.0 Å². The van der Waals surface area contributed by atoms with Gasteiger partial charge < -0.3 is 10.6 Å². The van der Waals surface area contributed by atoms with Crippen LogP contribution in [0.5, 0.6) is 0 Å². The van der Waals surface area contributed by atoms with E-state index in [0.29, 0.717) is 28.0 Å². The summed E-state index contributed by atoms with van der Waals surface area (Å²) in [7, 11) is 0. The van der Waals surface area contributed by atoms with E-state index in [-0.39, 0.29) is 6.04 Å². The van der Waals surface area contributed by atoms with Crippen molar-refractivity contribution in [3.63, 3.8) is 0 Å². The number of nitrogens with one attached hydrogen (secondary N) is 2. The number of nitrogens with zero attached hydrogens (tertiary/aromatic N) is 4. The molecule has 0 amide bonds. The van der Waals surface area contributed by atoms with Gasteiger partial charge in [0.1, 0.15) is 0 Å². The quantitative estimate of drug-likeness (QED) is 0.718. The summed E-state index contributed by atoms with van der Waals surface area (Å²) in [5.41, 5.74) is 3.02. The third-order valence-electron chi connectivity index (χ3n) is 3.76. The van der Waals surface area contributed by atoms with Crippen LogP contribution in [-0.4, -0.2) is 26.0 Å². The van der Waals surface area contributed by atoms with Gasteiger partial charge >= 0.3 is 0 Å². The molecule has 0 bridgehead atoms. The molecule has 2 heterocycles. The molecule has 24 heavy (non-hydrogen) atoms. The molecule has 0 radical (unpaired) electrons. The zero-order valence-electron chi connectivity index (χ0n) is 13.8. The highest BCUT2D eigenvalue weighted by Gasteiger charge is 2.12. The van der Waals surface area contributed by atoms with E-state index < -0.39 is 0 Å². The lowest BCUT2D eigenvalue weighted by Gasteiger charge is -2.14. The van der Waals surface area contributed by atoms with Gasteiger partial charge in [0, 0.05) is 29.1 Å². The van der Waals surface area contributed by atoms with Gasteiger partial charge in [0.2, 0.25) is 5.95 Å². The first-order valence-corrected chi connectivity index (χ1v) is 8.23. The third kappa shape index (κ3) is 3.54. The minimum atomic E-state index is 0.265. The van der Waals surface area contributed by atoms with Gasteiger partial charge in [-0.05, 0) is 38.0 Å². The Bertz CT molecular complexity index is 867. The van der Waals surface area contributed by atoms with E-state index in [1.165, 1.54) is 0 Å². The fourth-order valence-electron chi connectivity index (χ4n) is 2.15. The lowest BCUT2D eigenvalue weighted by Crippen LogP contribution is -2.16. The Morgan fingerprint density at radius 2 is 1.96 bits per heavy atom. The first-order valence-electron chi connectivity index (χ1n) is 7.85. The molecule has 124 valence electrons. The SMILES string of the molecule is CCC(C)Nc1nc(Nc2ccc(C)c(Cl)c2)c2nccnc2n1. The van der Waals surface area contributed by atoms with Crippen LogP contribution in [0.2, 0.25) is 5.02 Å². The van der Waals surface area contributed by atoms with Crippen molar-refractivity contribution in [1.82, 2.24) is 19.9 Å². The molecule has 0 aliphatic rings. The molecule has 0 saturated heterocycles. The molecule has 1 unspecified atom stereocenters. The number of benzene rings is 1. The number of aromatic nitrogens is 4. The van der Waals surface area contributed by atoms with Gasteiger partial charge in [-0.25, -0.2) is 9.97 Å². The second-order valence-electron chi connectivity index (χ2n) is 5.67. The zero-order chi connectivity index (χ0) is 17.1. The summed E-state index contributed by atoms with van der Waals surface area (Å²) in [5, 5.41) is 7.24. The van der Waals surface area contributed by atoms with Gasteiger partial charge in [-0.1, -0.05) is 24.6 Å². The Morgan fingerprint density at radius 3 is 2.71 bits per heavy atom. The first-order chi connectivity index (χ1) is 11.6. The molecule has 0 spiro atoms. The van der Waals surface area contributed by atoms with E-state index in [2.05, 4.69) is 44.4 Å². The topological polar surface area (TPSA) is 75.6 Å². The zero-order valence-corrected chi connectivity index (χ0v) is 14.6. The summed E-state index contributed by atoms with van der Waals surface area (Å²) in [5.74, 6) is 1.12. The van der Waals surface area contributed by atoms with Crippen LogP contribution in [0.25, 0.3) is 11.2 Å². The molecule has 2 N–H and O–H groups in total. The molecule has 0 fully saturated rings. The molecule has 3 aromatic rings. The highest BCUT2D eigenvalue weighted by molar-refractivity contribution is 6.31. The molecule has 1 atom stereocenters. The van der Waals surface area contributed by atoms with Crippen LogP contribution in [-0.2, 0) is 0 Å². The van der Waals surface area contributed by atoms with Crippen molar-refractivity contribution >= 4 is 40.2 Å². The smallest absolute Gasteiger partial charge is 0.227 e. The molecule has 1 aromatic carbocycles. The van der Waals surface area contributed by atoms with E-state index in [0.717, 1.165) is 17.7 Å². The standard InChI is InChI=1S/C17H19ClN6/c1-4-11(3)21-17-23-15-14(19-7-8-20-15)16(24-17)22-12-6-5-10(2)13(18)9-12/h5-9,11H,4H2,1-3H3,(H2,20,21,22,23,24). The molecule has 3 rings (SSSR count). The number of halogens is 1. The van der Waals surface area contributed by atoms with Gasteiger partial charge in [-0.3, -0.25) is 0 Å². The Balaban J connectivity index is 2.02. The monoisotopic (exact) mass is 342 g/mol. The van der Waals surface area contributed by atoms with Crippen LogP contribution in [0.4, 0.5) is 17.5 Å². The molecule has 0 saturated carbocycles. The maximum atomic E-state index is 6.20. The third-order valence-corrected chi connectivity index (χ3v) is 4.16. The Kier molecular flexibility index (Phi) is 4.76. The largest absolute Gasteiger partial charge is 0.352 e. The van der Waals surface area contributed by atoms with Crippen LogP contribution in [0.1, 0.15) is 25.8 Å². The van der Waals surface area contributed by atoms with Crippen molar-refractivity contribution in [1.29, 1.82) is 0 Å². The maximum Gasteiger partial charge on any atom is 0.227 e. The van der Waals surface area contributed by atoms with Crippen LogP contribution in [0.15, 0.2) is 30.6 Å². The lowest BCUT2D eigenvalue weighted by molar-refractivity contribution is 0.754. The van der Waals surface area contributed by atoms with Gasteiger partial charge in [-0.2, -0.15) is 9.97 Å². The van der Waals surface area contributed by atoms with E-state index in [1.54, 1.807) is 12.4 Å². The molecule has 0 aliphatic carbocycles. The van der Waals surface area contributed by atoms with Crippen LogP contribution in [0, 0.1) is 6.92 Å². The minimum Gasteiger partial charge on any atom is -0.352 e. The molecule has 0 aliphatic heterocycles. The number of rotatable bonds is 5. The van der Waals surface area contributed by atoms with Gasteiger partial charge in [-0.15, -0.1) is 0 Å². The van der Waals surface area contributed by atoms with Crippen molar-refractivity contribution in [3.05, 3.63) is 41.2 Å². The van der Waals surface area contributed by atoms with Crippen molar-refractivity contribution in [2.75, 3.05) is 10.6 Å². The Morgan fingerprint density at radius 1 is 1.17 bits per heavy atom. The van der Waals surface area contributed by atoms with Gasteiger partial charge in [0.25, 0.3) is 0 Å². The Hall–Kier alpha value is -2.47. The minimum absolute atomic E-state index is 0.265. The van der Waals surface area contributed by atoms with Crippen molar-refractivity contribution in [3.8, 4) is 0 Å². The van der Waals surface area contributed by atoms with Crippen LogP contribution >= 0.6 is 11.6 Å². The highest BCUT2D eigenvalue weighted by Crippen LogP contribution is 2.26. The maximum absolute atomic E-state index is 6.20. The fraction of sp³-hybridized carbons (Fsp3) is 0.294. The van der Waals surface area contributed by atoms with Crippen molar-refractivity contribution < 1.29 is 0 Å². The average molecular weight is 343 g/mol. The lowest BCUT2D eigenvalue weighted by atomic mass is 10.2. The molecule has 6 nitrogen and oxygen atoms in total. The summed E-state index contributed by atoms with van der Waals surface area (Å²) >= 11 is 6.20. The summed E-state index contributed by atoms with van der Waals surface area (Å²) in [6.07, 6.45) is 4.22. The first kappa shape index (κ1) is 16.4. The van der Waals surface area contributed by atoms with E-state index in [9.17, 15) is 0 Å². The number of hydrogen-bond donors (Lipinski definition) is 2. The van der Waals surface area contributed by atoms with Crippen molar-refractivity contribution in [2.24, 2.45) is 0 Å². The van der Waals surface area contributed by atoms with Gasteiger partial charge in [0.05, 0.1) is 0 Å². The summed E-state index contributed by atoms with van der Waals surface area (Å²) in [6.45, 7) is 6.15. The van der Waals surface area contributed by atoms with E-state index in [4.69, 9.17) is 11.6 Å². The number of aryl methyl sites for hydroxylation is 1. The van der Waals surface area contributed by atoms with E-state index in [1.807, 2.05) is 25.1 Å². The molecular weight excluding hydrogens is 324 g/mol. The van der Waals surface area contributed by atoms with Crippen LogP contribution in [0.3, 0.4) is 0 Å². The fourth-order valence-corrected chi connectivity index (χ4v) is 2.33. The van der Waals surface area contributed by atoms with Crippen LogP contribution < -0.4 is 10.6 Å². The second kappa shape index (κ2) is 6.97.